The zero-order chi connectivity index (χ0) is 16.8. The predicted molar refractivity (Wildman–Crippen MR) is 90.0 cm³/mol. The van der Waals surface area contributed by atoms with Crippen molar-refractivity contribution in [1.82, 2.24) is 9.97 Å². The predicted octanol–water partition coefficient (Wildman–Crippen LogP) is 2.04. The van der Waals surface area contributed by atoms with Crippen LogP contribution in [0, 0.1) is 13.8 Å². The topological polar surface area (TPSA) is 94.7 Å². The fourth-order valence-corrected chi connectivity index (χ4v) is 2.14. The van der Waals surface area contributed by atoms with Crippen LogP contribution in [0.25, 0.3) is 0 Å². The van der Waals surface area contributed by atoms with Gasteiger partial charge >= 0.3 is 0 Å². The first kappa shape index (κ1) is 16.5. The smallest absolute Gasteiger partial charge is 0.193 e. The second-order valence-electron chi connectivity index (χ2n) is 4.94. The van der Waals surface area contributed by atoms with Crippen LogP contribution in [-0.2, 0) is 6.54 Å². The number of methoxy groups -OCH3 is 2. The van der Waals surface area contributed by atoms with Gasteiger partial charge in [0.2, 0.25) is 0 Å². The molecule has 0 atom stereocenters. The van der Waals surface area contributed by atoms with Crippen LogP contribution >= 0.6 is 0 Å². The molecule has 0 aliphatic heterocycles. The van der Waals surface area contributed by atoms with Crippen LogP contribution in [0.15, 0.2) is 29.3 Å². The molecule has 3 N–H and O–H groups in total. The molecule has 122 valence electrons. The Morgan fingerprint density at radius 3 is 2.52 bits per heavy atom. The van der Waals surface area contributed by atoms with E-state index in [1.807, 2.05) is 26.0 Å². The van der Waals surface area contributed by atoms with Gasteiger partial charge in [0.25, 0.3) is 0 Å². The molecule has 0 radical (unpaired) electrons. The number of aliphatic imine (C=N–C) groups is 1. The normalized spacial score (nSPS) is 11.2. The highest BCUT2D eigenvalue weighted by Crippen LogP contribution is 2.29. The highest BCUT2D eigenvalue weighted by atomic mass is 16.5. The molecule has 7 nitrogen and oxygen atoms in total. The van der Waals surface area contributed by atoms with Gasteiger partial charge in [0.1, 0.15) is 5.82 Å². The Morgan fingerprint density at radius 2 is 1.87 bits per heavy atom. The summed E-state index contributed by atoms with van der Waals surface area (Å²) in [6.45, 7) is 4.16. The van der Waals surface area contributed by atoms with Crippen LogP contribution in [0.4, 0.5) is 5.69 Å². The van der Waals surface area contributed by atoms with Gasteiger partial charge in [-0.15, -0.1) is 0 Å². The molecule has 0 fully saturated rings. The maximum Gasteiger partial charge on any atom is 0.193 e. The van der Waals surface area contributed by atoms with E-state index in [1.54, 1.807) is 26.4 Å². The molecule has 1 aromatic carbocycles. The molecule has 7 heteroatoms. The van der Waals surface area contributed by atoms with Crippen LogP contribution < -0.4 is 20.5 Å². The van der Waals surface area contributed by atoms with Crippen molar-refractivity contribution in [1.29, 1.82) is 0 Å². The third-order valence-corrected chi connectivity index (χ3v) is 3.09. The van der Waals surface area contributed by atoms with Crippen LogP contribution in [-0.4, -0.2) is 30.1 Å². The van der Waals surface area contributed by atoms with Crippen LogP contribution in [0.5, 0.6) is 11.5 Å². The first-order valence-electron chi connectivity index (χ1n) is 7.12. The van der Waals surface area contributed by atoms with Gasteiger partial charge in [-0.05, 0) is 32.0 Å². The van der Waals surface area contributed by atoms with E-state index in [4.69, 9.17) is 15.2 Å². The van der Waals surface area contributed by atoms with Crippen molar-refractivity contribution in [3.05, 3.63) is 41.5 Å². The number of hydrogen-bond donors (Lipinski definition) is 2. The molecule has 1 aromatic heterocycles. The van der Waals surface area contributed by atoms with Gasteiger partial charge in [0.05, 0.1) is 26.5 Å². The number of hydrogen-bond acceptors (Lipinski definition) is 5. The summed E-state index contributed by atoms with van der Waals surface area (Å²) in [5, 5.41) is 3.02. The molecule has 0 aliphatic rings. The Bertz CT molecular complexity index is 695. The molecular formula is C16H21N5O2. The zero-order valence-corrected chi connectivity index (χ0v) is 13.8. The van der Waals surface area contributed by atoms with Gasteiger partial charge in [-0.25, -0.2) is 15.0 Å². The van der Waals surface area contributed by atoms with Crippen LogP contribution in [0.1, 0.15) is 17.2 Å². The SMILES string of the molecule is COc1ccc(NC(N)=NCc2cc(C)nc(C)n2)cc1OC. The van der Waals surface area contributed by atoms with E-state index in [-0.39, 0.29) is 0 Å². The summed E-state index contributed by atoms with van der Waals surface area (Å²) in [7, 11) is 3.17. The Balaban J connectivity index is 2.07. The zero-order valence-electron chi connectivity index (χ0n) is 13.8. The summed E-state index contributed by atoms with van der Waals surface area (Å²) < 4.78 is 10.4. The molecule has 0 bridgehead atoms. The van der Waals surface area contributed by atoms with Crippen molar-refractivity contribution in [2.75, 3.05) is 19.5 Å². The third-order valence-electron chi connectivity index (χ3n) is 3.09. The molecular weight excluding hydrogens is 294 g/mol. The third kappa shape index (κ3) is 4.57. The van der Waals surface area contributed by atoms with Crippen molar-refractivity contribution in [3.63, 3.8) is 0 Å². The number of nitrogens with one attached hydrogen (secondary N) is 1. The molecule has 0 unspecified atom stereocenters. The lowest BCUT2D eigenvalue weighted by Crippen LogP contribution is -2.22. The highest BCUT2D eigenvalue weighted by molar-refractivity contribution is 5.92. The van der Waals surface area contributed by atoms with E-state index in [2.05, 4.69) is 20.3 Å². The molecule has 0 aliphatic carbocycles. The van der Waals surface area contributed by atoms with Crippen molar-refractivity contribution in [2.24, 2.45) is 10.7 Å². The summed E-state index contributed by atoms with van der Waals surface area (Å²) in [5.74, 6) is 2.29. The number of aromatic nitrogens is 2. The van der Waals surface area contributed by atoms with Gasteiger partial charge in [-0.2, -0.15) is 0 Å². The summed E-state index contributed by atoms with van der Waals surface area (Å²) >= 11 is 0. The second-order valence-corrected chi connectivity index (χ2v) is 4.94. The molecule has 23 heavy (non-hydrogen) atoms. The second kappa shape index (κ2) is 7.44. The Morgan fingerprint density at radius 1 is 1.13 bits per heavy atom. The van der Waals surface area contributed by atoms with E-state index < -0.39 is 0 Å². The fraction of sp³-hybridized carbons (Fsp3) is 0.312. The van der Waals surface area contributed by atoms with E-state index >= 15 is 0 Å². The fourth-order valence-electron chi connectivity index (χ4n) is 2.14. The van der Waals surface area contributed by atoms with Gasteiger partial charge < -0.3 is 20.5 Å². The van der Waals surface area contributed by atoms with Crippen LogP contribution in [0.2, 0.25) is 0 Å². The number of ether oxygens (including phenoxy) is 2. The van der Waals surface area contributed by atoms with Crippen LogP contribution in [0.3, 0.4) is 0 Å². The van der Waals surface area contributed by atoms with E-state index in [1.165, 1.54) is 0 Å². The molecule has 0 amide bonds. The number of rotatable bonds is 5. The van der Waals surface area contributed by atoms with Crippen molar-refractivity contribution < 1.29 is 9.47 Å². The number of nitrogens with two attached hydrogens (primary N) is 1. The summed E-state index contributed by atoms with van der Waals surface area (Å²) in [6, 6.07) is 7.31. The number of guanidine groups is 1. The number of aryl methyl sites for hydroxylation is 2. The van der Waals surface area contributed by atoms with Crippen molar-refractivity contribution in [2.45, 2.75) is 20.4 Å². The first-order valence-corrected chi connectivity index (χ1v) is 7.12. The first-order chi connectivity index (χ1) is 11.0. The highest BCUT2D eigenvalue weighted by Gasteiger charge is 2.05. The number of benzene rings is 1. The Kier molecular flexibility index (Phi) is 5.35. The lowest BCUT2D eigenvalue weighted by Gasteiger charge is -2.11. The maximum absolute atomic E-state index is 5.92. The summed E-state index contributed by atoms with van der Waals surface area (Å²) in [5.41, 5.74) is 8.42. The average Bonchev–Trinajstić information content (AvgIpc) is 2.52. The standard InChI is InChI=1S/C16H21N5O2/c1-10-7-13(20-11(2)19-10)9-18-16(17)21-12-5-6-14(22-3)15(8-12)23-4/h5-8H,9H2,1-4H3,(H3,17,18,21). The molecule has 0 saturated heterocycles. The van der Waals surface area contributed by atoms with Gasteiger partial charge in [0.15, 0.2) is 17.5 Å². The quantitative estimate of drug-likeness (QED) is 0.647. The van der Waals surface area contributed by atoms with E-state index in [0.717, 1.165) is 22.9 Å². The molecule has 2 aromatic rings. The van der Waals surface area contributed by atoms with E-state index in [9.17, 15) is 0 Å². The van der Waals surface area contributed by atoms with E-state index in [0.29, 0.717) is 24.0 Å². The van der Waals surface area contributed by atoms with Gasteiger partial charge in [-0.1, -0.05) is 0 Å². The minimum absolute atomic E-state index is 0.297. The minimum Gasteiger partial charge on any atom is -0.493 e. The van der Waals surface area contributed by atoms with Crippen molar-refractivity contribution >= 4 is 11.6 Å². The number of nitrogens with zero attached hydrogens (tertiary/aromatic N) is 3. The molecule has 1 heterocycles. The summed E-state index contributed by atoms with van der Waals surface area (Å²) in [4.78, 5) is 12.8. The Labute approximate surface area is 135 Å². The molecule has 2 rings (SSSR count). The average molecular weight is 315 g/mol. The molecule has 0 saturated carbocycles. The maximum atomic E-state index is 5.92. The van der Waals surface area contributed by atoms with Gasteiger partial charge in [0, 0.05) is 17.4 Å². The van der Waals surface area contributed by atoms with Crippen molar-refractivity contribution in [3.8, 4) is 11.5 Å². The van der Waals surface area contributed by atoms with Gasteiger partial charge in [-0.3, -0.25) is 0 Å². The number of anilines is 1. The monoisotopic (exact) mass is 315 g/mol. The molecule has 0 spiro atoms. The Hall–Kier alpha value is -2.83. The lowest BCUT2D eigenvalue weighted by molar-refractivity contribution is 0.355. The lowest BCUT2D eigenvalue weighted by atomic mass is 10.3. The largest absolute Gasteiger partial charge is 0.493 e. The summed E-state index contributed by atoms with van der Waals surface area (Å²) in [6.07, 6.45) is 0. The minimum atomic E-state index is 0.297.